The summed E-state index contributed by atoms with van der Waals surface area (Å²) >= 11 is 0. The first-order valence-electron chi connectivity index (χ1n) is 4.89. The molecule has 0 saturated carbocycles. The molecule has 1 amide bonds. The van der Waals surface area contributed by atoms with Gasteiger partial charge in [-0.1, -0.05) is 0 Å². The molecular formula is C10H17N3O2. The van der Waals surface area contributed by atoms with Gasteiger partial charge in [-0.25, -0.2) is 0 Å². The van der Waals surface area contributed by atoms with Crippen molar-refractivity contribution in [1.82, 2.24) is 15.1 Å². The van der Waals surface area contributed by atoms with E-state index in [0.717, 1.165) is 0 Å². The Morgan fingerprint density at radius 1 is 1.67 bits per heavy atom. The molecule has 1 unspecified atom stereocenters. The third kappa shape index (κ3) is 3.71. The van der Waals surface area contributed by atoms with Crippen LogP contribution in [0.15, 0.2) is 18.5 Å². The monoisotopic (exact) mass is 211 g/mol. The fraction of sp³-hybridized carbons (Fsp3) is 0.600. The van der Waals surface area contributed by atoms with Gasteiger partial charge in [-0.05, 0) is 26.8 Å². The molecule has 0 fully saturated rings. The van der Waals surface area contributed by atoms with Crippen LogP contribution in [0.3, 0.4) is 0 Å². The third-order valence-corrected chi connectivity index (χ3v) is 2.00. The van der Waals surface area contributed by atoms with E-state index in [1.807, 2.05) is 0 Å². The van der Waals surface area contributed by atoms with E-state index in [-0.39, 0.29) is 18.5 Å². The largest absolute Gasteiger partial charge is 0.389 e. The van der Waals surface area contributed by atoms with Crippen molar-refractivity contribution in [3.63, 3.8) is 0 Å². The van der Waals surface area contributed by atoms with Crippen molar-refractivity contribution >= 4 is 5.91 Å². The zero-order valence-electron chi connectivity index (χ0n) is 9.27. The maximum Gasteiger partial charge on any atom is 0.244 e. The predicted molar refractivity (Wildman–Crippen MR) is 56.2 cm³/mol. The molecule has 15 heavy (non-hydrogen) atoms. The predicted octanol–water partition coefficient (Wildman–Crippen LogP) is 0.331. The molecule has 84 valence electrons. The minimum atomic E-state index is -0.889. The Bertz CT molecular complexity index is 314. The molecule has 1 heterocycles. The topological polar surface area (TPSA) is 67.2 Å². The van der Waals surface area contributed by atoms with E-state index in [0.29, 0.717) is 0 Å². The number of nitrogens with one attached hydrogen (secondary N) is 1. The first-order chi connectivity index (χ1) is 6.90. The quantitative estimate of drug-likeness (QED) is 0.754. The summed E-state index contributed by atoms with van der Waals surface area (Å²) in [7, 11) is 0. The summed E-state index contributed by atoms with van der Waals surface area (Å²) in [6.07, 6.45) is 3.36. The Morgan fingerprint density at radius 3 is 2.80 bits per heavy atom. The standard InChI is InChI=1S/C10H17N3O2/c1-8(13-6-4-5-12-13)9(14)11-7-10(2,3)15/h4-6,8,15H,7H2,1-3H3,(H,11,14). The lowest BCUT2D eigenvalue weighted by Crippen LogP contribution is -2.41. The van der Waals surface area contributed by atoms with Crippen LogP contribution in [0.1, 0.15) is 26.8 Å². The molecule has 1 rings (SSSR count). The van der Waals surface area contributed by atoms with Gasteiger partial charge in [0.15, 0.2) is 0 Å². The summed E-state index contributed by atoms with van der Waals surface area (Å²) in [4.78, 5) is 11.6. The molecule has 0 radical (unpaired) electrons. The van der Waals surface area contributed by atoms with Crippen LogP contribution in [0.4, 0.5) is 0 Å². The van der Waals surface area contributed by atoms with Gasteiger partial charge in [-0.3, -0.25) is 9.48 Å². The third-order valence-electron chi connectivity index (χ3n) is 2.00. The van der Waals surface area contributed by atoms with E-state index in [1.165, 1.54) is 0 Å². The number of aromatic nitrogens is 2. The lowest BCUT2D eigenvalue weighted by atomic mass is 10.1. The van der Waals surface area contributed by atoms with E-state index in [4.69, 9.17) is 0 Å². The molecule has 1 atom stereocenters. The van der Waals surface area contributed by atoms with E-state index in [2.05, 4.69) is 10.4 Å². The summed E-state index contributed by atoms with van der Waals surface area (Å²) in [6.45, 7) is 5.28. The number of hydrogen-bond donors (Lipinski definition) is 2. The molecule has 0 saturated heterocycles. The molecule has 5 nitrogen and oxygen atoms in total. The SMILES string of the molecule is CC(C(=O)NCC(C)(C)O)n1cccn1. The first kappa shape index (κ1) is 11.7. The Labute approximate surface area is 89.1 Å². The van der Waals surface area contributed by atoms with Crippen LogP contribution in [-0.4, -0.2) is 32.9 Å². The van der Waals surface area contributed by atoms with Crippen molar-refractivity contribution in [2.24, 2.45) is 0 Å². The molecule has 1 aromatic heterocycles. The zero-order valence-corrected chi connectivity index (χ0v) is 9.27. The highest BCUT2D eigenvalue weighted by Gasteiger charge is 2.18. The van der Waals surface area contributed by atoms with E-state index in [9.17, 15) is 9.90 Å². The average molecular weight is 211 g/mol. The summed E-state index contributed by atoms with van der Waals surface area (Å²) in [6, 6.07) is 1.40. The minimum absolute atomic E-state index is 0.152. The van der Waals surface area contributed by atoms with Gasteiger partial charge >= 0.3 is 0 Å². The lowest BCUT2D eigenvalue weighted by molar-refractivity contribution is -0.125. The van der Waals surface area contributed by atoms with E-state index in [1.54, 1.807) is 43.9 Å². The highest BCUT2D eigenvalue weighted by molar-refractivity contribution is 5.79. The summed E-state index contributed by atoms with van der Waals surface area (Å²) in [5.41, 5.74) is -0.889. The van der Waals surface area contributed by atoms with Gasteiger partial charge in [0.25, 0.3) is 0 Å². The number of rotatable bonds is 4. The Kier molecular flexibility index (Phi) is 3.47. The maximum absolute atomic E-state index is 11.6. The summed E-state index contributed by atoms with van der Waals surface area (Å²) in [5, 5.41) is 16.1. The summed E-state index contributed by atoms with van der Waals surface area (Å²) in [5.74, 6) is -0.152. The molecule has 0 aliphatic carbocycles. The Balaban J connectivity index is 2.48. The molecule has 5 heteroatoms. The van der Waals surface area contributed by atoms with Crippen LogP contribution in [0.2, 0.25) is 0 Å². The van der Waals surface area contributed by atoms with Crippen LogP contribution in [0.5, 0.6) is 0 Å². The fourth-order valence-corrected chi connectivity index (χ4v) is 1.08. The van der Waals surface area contributed by atoms with Crippen LogP contribution in [0.25, 0.3) is 0 Å². The van der Waals surface area contributed by atoms with Gasteiger partial charge in [-0.2, -0.15) is 5.10 Å². The maximum atomic E-state index is 11.6. The normalized spacial score (nSPS) is 13.6. The van der Waals surface area contributed by atoms with Crippen molar-refractivity contribution in [2.45, 2.75) is 32.4 Å². The number of carbonyl (C=O) groups is 1. The second kappa shape index (κ2) is 4.44. The number of carbonyl (C=O) groups excluding carboxylic acids is 1. The van der Waals surface area contributed by atoms with Gasteiger partial charge in [0.1, 0.15) is 6.04 Å². The van der Waals surface area contributed by atoms with Crippen molar-refractivity contribution in [2.75, 3.05) is 6.54 Å². The molecule has 2 N–H and O–H groups in total. The van der Waals surface area contributed by atoms with Gasteiger partial charge in [0, 0.05) is 18.9 Å². The highest BCUT2D eigenvalue weighted by atomic mass is 16.3. The van der Waals surface area contributed by atoms with Gasteiger partial charge in [0.2, 0.25) is 5.91 Å². The van der Waals surface area contributed by atoms with Crippen molar-refractivity contribution in [1.29, 1.82) is 0 Å². The lowest BCUT2D eigenvalue weighted by Gasteiger charge is -2.19. The van der Waals surface area contributed by atoms with Gasteiger partial charge < -0.3 is 10.4 Å². The molecule has 0 bridgehead atoms. The fourth-order valence-electron chi connectivity index (χ4n) is 1.08. The van der Waals surface area contributed by atoms with Crippen LogP contribution >= 0.6 is 0 Å². The first-order valence-corrected chi connectivity index (χ1v) is 4.89. The van der Waals surface area contributed by atoms with Crippen LogP contribution < -0.4 is 5.32 Å². The van der Waals surface area contributed by atoms with Crippen molar-refractivity contribution in [3.05, 3.63) is 18.5 Å². The van der Waals surface area contributed by atoms with Crippen LogP contribution in [0, 0.1) is 0 Å². The van der Waals surface area contributed by atoms with Gasteiger partial charge in [-0.15, -0.1) is 0 Å². The van der Waals surface area contributed by atoms with Gasteiger partial charge in [0.05, 0.1) is 5.60 Å². The molecule has 0 aromatic carbocycles. The number of amides is 1. The molecule has 0 spiro atoms. The molecule has 0 aliphatic heterocycles. The number of aliphatic hydroxyl groups is 1. The van der Waals surface area contributed by atoms with Crippen molar-refractivity contribution in [3.8, 4) is 0 Å². The second-order valence-electron chi connectivity index (χ2n) is 4.19. The average Bonchev–Trinajstić information content (AvgIpc) is 2.64. The Hall–Kier alpha value is -1.36. The van der Waals surface area contributed by atoms with Crippen LogP contribution in [-0.2, 0) is 4.79 Å². The minimum Gasteiger partial charge on any atom is -0.389 e. The smallest absolute Gasteiger partial charge is 0.244 e. The molecular weight excluding hydrogens is 194 g/mol. The highest BCUT2D eigenvalue weighted by Crippen LogP contribution is 2.04. The van der Waals surface area contributed by atoms with Crippen molar-refractivity contribution < 1.29 is 9.90 Å². The molecule has 0 aliphatic rings. The molecule has 1 aromatic rings. The Morgan fingerprint density at radius 2 is 2.33 bits per heavy atom. The van der Waals surface area contributed by atoms with E-state index < -0.39 is 5.60 Å². The zero-order chi connectivity index (χ0) is 11.5. The second-order valence-corrected chi connectivity index (χ2v) is 4.19. The van der Waals surface area contributed by atoms with E-state index >= 15 is 0 Å². The number of hydrogen-bond acceptors (Lipinski definition) is 3. The number of nitrogens with zero attached hydrogens (tertiary/aromatic N) is 2. The summed E-state index contributed by atoms with van der Waals surface area (Å²) < 4.78 is 1.57.